The van der Waals surface area contributed by atoms with E-state index < -0.39 is 0 Å². The molecular formula is C16H21N3O. The number of hydrogen-bond acceptors (Lipinski definition) is 2. The number of likely N-dealkylation sites (tertiary alicyclic amines) is 1. The Labute approximate surface area is 120 Å². The third-order valence-corrected chi connectivity index (χ3v) is 4.19. The topological polar surface area (TPSA) is 56.1 Å². The lowest BCUT2D eigenvalue weighted by molar-refractivity contribution is 0.145. The quantitative estimate of drug-likeness (QED) is 0.918. The molecule has 0 aliphatic carbocycles. The van der Waals surface area contributed by atoms with Crippen molar-refractivity contribution in [3.63, 3.8) is 0 Å². The molecule has 1 heterocycles. The fourth-order valence-corrected chi connectivity index (χ4v) is 2.74. The Hall–Kier alpha value is -2.02. The van der Waals surface area contributed by atoms with Gasteiger partial charge in [0.25, 0.3) is 0 Å². The van der Waals surface area contributed by atoms with Crippen molar-refractivity contribution >= 4 is 6.03 Å². The standard InChI is InChI=1S/C16H21N3O/c1-18-15(20)19-11-9-16(13-17,10-12-19)8-7-14-5-3-2-4-6-14/h2-6H,7-12H2,1H3,(H,18,20). The number of rotatable bonds is 3. The Balaban J connectivity index is 1.92. The van der Waals surface area contributed by atoms with Gasteiger partial charge in [0.15, 0.2) is 0 Å². The SMILES string of the molecule is CNC(=O)N1CCC(C#N)(CCc2ccccc2)CC1. The summed E-state index contributed by atoms with van der Waals surface area (Å²) in [4.78, 5) is 13.4. The molecule has 1 aromatic rings. The smallest absolute Gasteiger partial charge is 0.317 e. The van der Waals surface area contributed by atoms with Crippen LogP contribution in [0.15, 0.2) is 30.3 Å². The zero-order valence-corrected chi connectivity index (χ0v) is 11.9. The fourth-order valence-electron chi connectivity index (χ4n) is 2.74. The highest BCUT2D eigenvalue weighted by atomic mass is 16.2. The summed E-state index contributed by atoms with van der Waals surface area (Å²) in [7, 11) is 1.64. The zero-order chi connectivity index (χ0) is 14.4. The number of hydrogen-bond donors (Lipinski definition) is 1. The molecule has 0 unspecified atom stereocenters. The van der Waals surface area contributed by atoms with Crippen LogP contribution in [-0.2, 0) is 6.42 Å². The molecule has 1 aromatic carbocycles. The molecule has 1 N–H and O–H groups in total. The third kappa shape index (κ3) is 3.30. The first-order valence-corrected chi connectivity index (χ1v) is 7.11. The molecule has 4 nitrogen and oxygen atoms in total. The van der Waals surface area contributed by atoms with Crippen molar-refractivity contribution < 1.29 is 4.79 Å². The van der Waals surface area contributed by atoms with E-state index in [0.29, 0.717) is 13.1 Å². The molecule has 0 bridgehead atoms. The second-order valence-corrected chi connectivity index (χ2v) is 5.42. The van der Waals surface area contributed by atoms with Crippen LogP contribution in [0, 0.1) is 16.7 Å². The summed E-state index contributed by atoms with van der Waals surface area (Å²) in [5, 5.41) is 12.2. The van der Waals surface area contributed by atoms with Crippen molar-refractivity contribution in [2.75, 3.05) is 20.1 Å². The van der Waals surface area contributed by atoms with Gasteiger partial charge in [-0.25, -0.2) is 4.79 Å². The summed E-state index contributed by atoms with van der Waals surface area (Å²) in [6.07, 6.45) is 3.33. The van der Waals surface area contributed by atoms with Gasteiger partial charge in [-0.3, -0.25) is 0 Å². The van der Waals surface area contributed by atoms with Gasteiger partial charge in [-0.05, 0) is 31.2 Å². The van der Waals surface area contributed by atoms with Crippen molar-refractivity contribution in [2.45, 2.75) is 25.7 Å². The zero-order valence-electron chi connectivity index (χ0n) is 11.9. The lowest BCUT2D eigenvalue weighted by Crippen LogP contribution is -2.46. The number of piperidine rings is 1. The summed E-state index contributed by atoms with van der Waals surface area (Å²) in [6, 6.07) is 12.7. The van der Waals surface area contributed by atoms with Crippen molar-refractivity contribution in [2.24, 2.45) is 5.41 Å². The summed E-state index contributed by atoms with van der Waals surface area (Å²) >= 11 is 0. The predicted molar refractivity (Wildman–Crippen MR) is 78.1 cm³/mol. The Bertz CT molecular complexity index is 484. The number of carbonyl (C=O) groups is 1. The number of carbonyl (C=O) groups excluding carboxylic acids is 1. The van der Waals surface area contributed by atoms with Crippen LogP contribution in [-0.4, -0.2) is 31.1 Å². The highest BCUT2D eigenvalue weighted by molar-refractivity contribution is 5.73. The first-order chi connectivity index (χ1) is 9.69. The van der Waals surface area contributed by atoms with Gasteiger partial charge in [0.2, 0.25) is 0 Å². The molecule has 1 aliphatic rings. The minimum atomic E-state index is -0.277. The van der Waals surface area contributed by atoms with Crippen LogP contribution in [0.5, 0.6) is 0 Å². The Morgan fingerprint density at radius 3 is 2.55 bits per heavy atom. The van der Waals surface area contributed by atoms with E-state index in [1.165, 1.54) is 5.56 Å². The number of nitrogens with zero attached hydrogens (tertiary/aromatic N) is 2. The third-order valence-electron chi connectivity index (χ3n) is 4.19. The predicted octanol–water partition coefficient (Wildman–Crippen LogP) is 2.56. The number of benzene rings is 1. The van der Waals surface area contributed by atoms with Crippen LogP contribution in [0.2, 0.25) is 0 Å². The van der Waals surface area contributed by atoms with Crippen LogP contribution in [0.4, 0.5) is 4.79 Å². The van der Waals surface area contributed by atoms with Crippen LogP contribution >= 0.6 is 0 Å². The summed E-state index contributed by atoms with van der Waals surface area (Å²) in [5.74, 6) is 0. The maximum atomic E-state index is 11.6. The average Bonchev–Trinajstić information content (AvgIpc) is 2.53. The molecule has 4 heteroatoms. The van der Waals surface area contributed by atoms with Crippen molar-refractivity contribution in [1.82, 2.24) is 10.2 Å². The molecule has 20 heavy (non-hydrogen) atoms. The molecule has 1 fully saturated rings. The number of nitrogens with one attached hydrogen (secondary N) is 1. The van der Waals surface area contributed by atoms with Crippen LogP contribution in [0.1, 0.15) is 24.8 Å². The van der Waals surface area contributed by atoms with Gasteiger partial charge in [0.1, 0.15) is 0 Å². The van der Waals surface area contributed by atoms with Crippen molar-refractivity contribution in [1.29, 1.82) is 5.26 Å². The maximum absolute atomic E-state index is 11.6. The van der Waals surface area contributed by atoms with Gasteiger partial charge < -0.3 is 10.2 Å². The summed E-state index contributed by atoms with van der Waals surface area (Å²) in [6.45, 7) is 1.34. The minimum absolute atomic E-state index is 0.0420. The summed E-state index contributed by atoms with van der Waals surface area (Å²) < 4.78 is 0. The van der Waals surface area contributed by atoms with Gasteiger partial charge in [-0.2, -0.15) is 5.26 Å². The fraction of sp³-hybridized carbons (Fsp3) is 0.500. The lowest BCUT2D eigenvalue weighted by atomic mass is 9.75. The van der Waals surface area contributed by atoms with Crippen molar-refractivity contribution in [3.05, 3.63) is 35.9 Å². The normalized spacial score (nSPS) is 17.3. The summed E-state index contributed by atoms with van der Waals surface area (Å²) in [5.41, 5.74) is 0.997. The second-order valence-electron chi connectivity index (χ2n) is 5.42. The molecule has 1 aliphatic heterocycles. The monoisotopic (exact) mass is 271 g/mol. The molecule has 106 valence electrons. The Morgan fingerprint density at radius 1 is 1.35 bits per heavy atom. The Kier molecular flexibility index (Phi) is 4.62. The number of nitriles is 1. The maximum Gasteiger partial charge on any atom is 0.317 e. The Morgan fingerprint density at radius 2 is 2.00 bits per heavy atom. The van der Waals surface area contributed by atoms with Gasteiger partial charge in [-0.15, -0.1) is 0 Å². The lowest BCUT2D eigenvalue weighted by Gasteiger charge is -2.37. The first-order valence-electron chi connectivity index (χ1n) is 7.11. The molecule has 0 radical (unpaired) electrons. The molecule has 0 aromatic heterocycles. The van der Waals surface area contributed by atoms with E-state index in [9.17, 15) is 10.1 Å². The van der Waals surface area contributed by atoms with E-state index in [1.807, 2.05) is 18.2 Å². The number of aryl methyl sites for hydroxylation is 1. The molecule has 0 spiro atoms. The van der Waals surface area contributed by atoms with Gasteiger partial charge in [0.05, 0.1) is 11.5 Å². The molecule has 1 saturated heterocycles. The molecule has 0 saturated carbocycles. The van der Waals surface area contributed by atoms with Gasteiger partial charge >= 0.3 is 6.03 Å². The molecule has 0 atom stereocenters. The number of amides is 2. The highest BCUT2D eigenvalue weighted by Gasteiger charge is 2.35. The average molecular weight is 271 g/mol. The second kappa shape index (κ2) is 6.42. The molecule has 2 rings (SSSR count). The van der Waals surface area contributed by atoms with E-state index in [4.69, 9.17) is 0 Å². The molecule has 2 amide bonds. The molecular weight excluding hydrogens is 250 g/mol. The minimum Gasteiger partial charge on any atom is -0.341 e. The van der Waals surface area contributed by atoms with E-state index >= 15 is 0 Å². The van der Waals surface area contributed by atoms with Crippen molar-refractivity contribution in [3.8, 4) is 6.07 Å². The van der Waals surface area contributed by atoms with E-state index in [-0.39, 0.29) is 11.4 Å². The van der Waals surface area contributed by atoms with E-state index in [2.05, 4.69) is 23.5 Å². The largest absolute Gasteiger partial charge is 0.341 e. The van der Waals surface area contributed by atoms with Gasteiger partial charge in [-0.1, -0.05) is 30.3 Å². The van der Waals surface area contributed by atoms with Crippen LogP contribution in [0.3, 0.4) is 0 Å². The van der Waals surface area contributed by atoms with Crippen LogP contribution < -0.4 is 5.32 Å². The van der Waals surface area contributed by atoms with E-state index in [1.54, 1.807) is 11.9 Å². The number of urea groups is 1. The van der Waals surface area contributed by atoms with E-state index in [0.717, 1.165) is 25.7 Å². The van der Waals surface area contributed by atoms with Crippen LogP contribution in [0.25, 0.3) is 0 Å². The highest BCUT2D eigenvalue weighted by Crippen LogP contribution is 2.35. The first kappa shape index (κ1) is 14.4. The van der Waals surface area contributed by atoms with Gasteiger partial charge in [0, 0.05) is 20.1 Å².